The zero-order valence-electron chi connectivity index (χ0n) is 10.7. The average molecular weight is 315 g/mol. The van der Waals surface area contributed by atoms with Gasteiger partial charge >= 0.3 is 7.60 Å². The van der Waals surface area contributed by atoms with Crippen molar-refractivity contribution in [3.8, 4) is 0 Å². The van der Waals surface area contributed by atoms with Crippen LogP contribution in [0.1, 0.15) is 41.5 Å². The van der Waals surface area contributed by atoms with Crippen LogP contribution in [0.25, 0.3) is 0 Å². The van der Waals surface area contributed by atoms with E-state index in [9.17, 15) is 14.6 Å². The van der Waals surface area contributed by atoms with E-state index in [4.69, 9.17) is 14.5 Å². The minimum Gasteiger partial charge on any atom is -0.390 e. The van der Waals surface area contributed by atoms with Crippen molar-refractivity contribution in [1.29, 1.82) is 0 Å². The van der Waals surface area contributed by atoms with Crippen molar-refractivity contribution in [2.75, 3.05) is 12.8 Å². The minimum absolute atomic E-state index is 0. The van der Waals surface area contributed by atoms with Crippen molar-refractivity contribution in [2.45, 2.75) is 65.9 Å². The number of ether oxygens (including phenoxy) is 1. The van der Waals surface area contributed by atoms with Gasteiger partial charge in [-0.25, -0.2) is 5.48 Å². The molecule has 0 aliphatic carbocycles. The van der Waals surface area contributed by atoms with Gasteiger partial charge in [0, 0.05) is 12.5 Å². The molecule has 5 unspecified atom stereocenters. The lowest BCUT2D eigenvalue weighted by Crippen LogP contribution is -2.27. The Labute approximate surface area is 121 Å². The third-order valence-electron chi connectivity index (χ3n) is 2.92. The summed E-state index contributed by atoms with van der Waals surface area (Å²) in [7, 11) is -3.70. The van der Waals surface area contributed by atoms with E-state index in [2.05, 4.69) is 0 Å². The number of rotatable bonds is 7. The summed E-state index contributed by atoms with van der Waals surface area (Å²) in [6.07, 6.45) is -0.499. The summed E-state index contributed by atoms with van der Waals surface area (Å²) in [6, 6.07) is -0.276. The molecule has 0 saturated carbocycles. The summed E-state index contributed by atoms with van der Waals surface area (Å²) < 4.78 is 22.0. The average Bonchev–Trinajstić information content (AvgIpc) is 2.62. The highest BCUT2D eigenvalue weighted by molar-refractivity contribution is 7.52. The van der Waals surface area contributed by atoms with Crippen LogP contribution < -0.4 is 5.48 Å². The number of hydroxylamine groups is 1. The largest absolute Gasteiger partial charge is 0.390 e. The fraction of sp³-hybridized carbons (Fsp3) is 1.00. The maximum absolute atomic E-state index is 11.7. The quantitative estimate of drug-likeness (QED) is 0.419. The number of aliphatic hydroxyl groups excluding tert-OH is 1. The van der Waals surface area contributed by atoms with Gasteiger partial charge in [-0.1, -0.05) is 14.9 Å². The van der Waals surface area contributed by atoms with E-state index in [0.717, 1.165) is 0 Å². The molecule has 1 heterocycles. The molecule has 0 aromatic rings. The normalized spacial score (nSPS) is 29.9. The number of hydrogen-bond acceptors (Lipinski definition) is 6. The van der Waals surface area contributed by atoms with E-state index in [1.807, 2.05) is 12.4 Å². The molecule has 1 aliphatic heterocycles. The van der Waals surface area contributed by atoms with Crippen LogP contribution in [-0.2, 0) is 13.8 Å². The molecule has 1 saturated heterocycles. The maximum atomic E-state index is 11.7. The zero-order chi connectivity index (χ0) is 13.8. The first-order chi connectivity index (χ1) is 8.34. The molecule has 0 spiro atoms. The lowest BCUT2D eigenvalue weighted by atomic mass is 10.1. The van der Waals surface area contributed by atoms with Crippen molar-refractivity contribution < 1.29 is 29.0 Å². The van der Waals surface area contributed by atoms with Crippen LogP contribution in [0.15, 0.2) is 0 Å². The maximum Gasteiger partial charge on any atom is 0.328 e. The van der Waals surface area contributed by atoms with Crippen molar-refractivity contribution in [3.05, 3.63) is 0 Å². The van der Waals surface area contributed by atoms with Crippen molar-refractivity contribution in [1.82, 2.24) is 5.48 Å². The van der Waals surface area contributed by atoms with Gasteiger partial charge in [-0.15, -0.1) is 0 Å². The summed E-state index contributed by atoms with van der Waals surface area (Å²) in [4.78, 5) is 9.56. The fourth-order valence-electron chi connectivity index (χ4n) is 1.76. The molecule has 5 atom stereocenters. The van der Waals surface area contributed by atoms with E-state index in [0.29, 0.717) is 12.8 Å². The Morgan fingerprint density at radius 3 is 2.55 bits per heavy atom. The van der Waals surface area contributed by atoms with Crippen molar-refractivity contribution in [3.63, 3.8) is 0 Å². The summed E-state index contributed by atoms with van der Waals surface area (Å²) >= 11 is 0. The smallest absolute Gasteiger partial charge is 0.328 e. The highest BCUT2D eigenvalue weighted by atomic mass is 31.2. The Bertz CT molecular complexity index is 304. The third-order valence-corrected chi connectivity index (χ3v) is 4.29. The standard InChI is InChI=1S/C10H22NO6P.2CH4/c1-7(11-13)3-4-18(14,15)16-6-10-9(12)5-8(2)17-10;;/h7-13H,3-6H2,1-2H3,(H,14,15);2*1H4. The summed E-state index contributed by atoms with van der Waals surface area (Å²) in [5, 5.41) is 18.2. The van der Waals surface area contributed by atoms with Gasteiger partial charge in [0.15, 0.2) is 0 Å². The van der Waals surface area contributed by atoms with Crippen LogP contribution in [0.2, 0.25) is 0 Å². The number of nitrogens with one attached hydrogen (secondary N) is 1. The molecule has 1 rings (SSSR count). The highest BCUT2D eigenvalue weighted by Crippen LogP contribution is 2.43. The Morgan fingerprint density at radius 2 is 2.10 bits per heavy atom. The van der Waals surface area contributed by atoms with Crippen LogP contribution in [0.3, 0.4) is 0 Å². The van der Waals surface area contributed by atoms with E-state index in [1.54, 1.807) is 6.92 Å². The molecule has 1 fully saturated rings. The topological polar surface area (TPSA) is 108 Å². The Hall–Kier alpha value is -0.0100. The lowest BCUT2D eigenvalue weighted by molar-refractivity contribution is -0.0130. The van der Waals surface area contributed by atoms with Crippen LogP contribution >= 0.6 is 7.60 Å². The van der Waals surface area contributed by atoms with Gasteiger partial charge in [-0.3, -0.25) is 4.57 Å². The van der Waals surface area contributed by atoms with Crippen LogP contribution in [0.5, 0.6) is 0 Å². The lowest BCUT2D eigenvalue weighted by Gasteiger charge is -2.18. The predicted octanol–water partition coefficient (Wildman–Crippen LogP) is 1.76. The second-order valence-electron chi connectivity index (χ2n) is 4.76. The summed E-state index contributed by atoms with van der Waals surface area (Å²) in [6.45, 7) is 3.42. The first-order valence-electron chi connectivity index (χ1n) is 6.03. The monoisotopic (exact) mass is 315 g/mol. The Kier molecular flexibility index (Phi) is 11.0. The molecule has 0 aromatic carbocycles. The molecule has 4 N–H and O–H groups in total. The molecule has 0 aromatic heterocycles. The molecule has 0 bridgehead atoms. The molecular formula is C12H30NO6P. The van der Waals surface area contributed by atoms with Crippen LogP contribution in [-0.4, -0.2) is 52.3 Å². The van der Waals surface area contributed by atoms with Crippen LogP contribution in [0, 0.1) is 0 Å². The van der Waals surface area contributed by atoms with Gasteiger partial charge in [0.2, 0.25) is 0 Å². The number of hydrogen-bond donors (Lipinski definition) is 4. The molecule has 0 radical (unpaired) electrons. The minimum atomic E-state index is -3.70. The van der Waals surface area contributed by atoms with Gasteiger partial charge in [-0.2, -0.15) is 0 Å². The number of aliphatic hydroxyl groups is 1. The summed E-state index contributed by atoms with van der Waals surface area (Å²) in [5.41, 5.74) is 2.00. The van der Waals surface area contributed by atoms with E-state index in [1.165, 1.54) is 0 Å². The Balaban J connectivity index is 0. The first-order valence-corrected chi connectivity index (χ1v) is 7.80. The highest BCUT2D eigenvalue weighted by Gasteiger charge is 2.33. The zero-order valence-corrected chi connectivity index (χ0v) is 11.5. The molecule has 0 amide bonds. The van der Waals surface area contributed by atoms with Gasteiger partial charge in [0.05, 0.1) is 25.0 Å². The van der Waals surface area contributed by atoms with Gasteiger partial charge in [0.25, 0.3) is 0 Å². The second-order valence-corrected chi connectivity index (χ2v) is 6.74. The van der Waals surface area contributed by atoms with Crippen LogP contribution in [0.4, 0.5) is 0 Å². The summed E-state index contributed by atoms with van der Waals surface area (Å²) in [5.74, 6) is 0. The van der Waals surface area contributed by atoms with E-state index < -0.39 is 19.8 Å². The molecule has 7 nitrogen and oxygen atoms in total. The van der Waals surface area contributed by atoms with E-state index in [-0.39, 0.29) is 39.8 Å². The molecule has 20 heavy (non-hydrogen) atoms. The van der Waals surface area contributed by atoms with Gasteiger partial charge in [-0.05, 0) is 20.3 Å². The molecule has 1 aliphatic rings. The molecule has 124 valence electrons. The van der Waals surface area contributed by atoms with E-state index >= 15 is 0 Å². The van der Waals surface area contributed by atoms with Crippen molar-refractivity contribution in [2.24, 2.45) is 0 Å². The SMILES string of the molecule is C.C.CC(CCP(=O)(O)OCC1OC(C)CC1O)NO. The molecule has 8 heteroatoms. The van der Waals surface area contributed by atoms with Gasteiger partial charge in [0.1, 0.15) is 6.10 Å². The predicted molar refractivity (Wildman–Crippen MR) is 78.1 cm³/mol. The second kappa shape index (κ2) is 9.84. The molecular weight excluding hydrogens is 285 g/mol. The third kappa shape index (κ3) is 7.69. The first kappa shape index (κ1) is 22.3. The van der Waals surface area contributed by atoms with Crippen molar-refractivity contribution >= 4 is 7.60 Å². The van der Waals surface area contributed by atoms with Gasteiger partial charge < -0.3 is 24.5 Å². The fourth-order valence-corrected chi connectivity index (χ4v) is 2.99. The Morgan fingerprint density at radius 1 is 1.50 bits per heavy atom.